The number of rotatable bonds is 4. The lowest BCUT2D eigenvalue weighted by Gasteiger charge is -2.46. The first kappa shape index (κ1) is 15.5. The van der Waals surface area contributed by atoms with Crippen LogP contribution in [0.25, 0.3) is 0 Å². The summed E-state index contributed by atoms with van der Waals surface area (Å²) in [7, 11) is 1.49. The minimum absolute atomic E-state index is 0.0206. The Morgan fingerprint density at radius 1 is 1.22 bits per heavy atom. The number of ether oxygens (including phenoxy) is 1. The summed E-state index contributed by atoms with van der Waals surface area (Å²) in [5.74, 6) is -0.0384. The number of carbonyl (C=O) groups excluding carboxylic acids is 1. The smallest absolute Gasteiger partial charge is 0.310 e. The first-order valence-electron chi connectivity index (χ1n) is 6.96. The highest BCUT2D eigenvalue weighted by Gasteiger charge is 2.68. The van der Waals surface area contributed by atoms with Gasteiger partial charge in [0.1, 0.15) is 0 Å². The molecule has 1 aliphatic carbocycles. The topological polar surface area (TPSA) is 29.5 Å². The third-order valence-corrected chi connectivity index (χ3v) is 4.29. The maximum Gasteiger partial charge on any atom is 0.310 e. The minimum Gasteiger partial charge on any atom is -0.469 e. The lowest BCUT2D eigenvalue weighted by Crippen LogP contribution is -2.55. The van der Waals surface area contributed by atoms with Gasteiger partial charge in [-0.25, -0.2) is 0 Å². The third kappa shape index (κ3) is 2.29. The number of esters is 1. The summed E-state index contributed by atoms with van der Waals surface area (Å²) in [6.45, 7) is 15.5. The number of nitrogens with zero attached hydrogens (tertiary/aromatic N) is 1. The summed E-state index contributed by atoms with van der Waals surface area (Å²) in [6, 6.07) is 0.859. The molecule has 1 saturated carbocycles. The lowest BCUT2D eigenvalue weighted by atomic mass is 9.79. The quantitative estimate of drug-likeness (QED) is 0.723. The molecule has 1 aliphatic rings. The second-order valence-corrected chi connectivity index (χ2v) is 7.05. The highest BCUT2D eigenvalue weighted by atomic mass is 16.5. The van der Waals surface area contributed by atoms with E-state index in [0.717, 1.165) is 6.42 Å². The summed E-state index contributed by atoms with van der Waals surface area (Å²) in [6.07, 6.45) is 0.916. The first-order valence-corrected chi connectivity index (χ1v) is 6.96. The van der Waals surface area contributed by atoms with E-state index in [-0.39, 0.29) is 22.8 Å². The van der Waals surface area contributed by atoms with E-state index in [2.05, 4.69) is 53.4 Å². The van der Waals surface area contributed by atoms with Crippen molar-refractivity contribution >= 4 is 5.97 Å². The molecule has 0 radical (unpaired) electrons. The zero-order valence-corrected chi connectivity index (χ0v) is 13.2. The van der Waals surface area contributed by atoms with Crippen LogP contribution < -0.4 is 0 Å². The molecule has 0 aromatic rings. The fraction of sp³-hybridized carbons (Fsp3) is 0.933. The van der Waals surface area contributed by atoms with Crippen LogP contribution in [0.15, 0.2) is 0 Å². The fourth-order valence-electron chi connectivity index (χ4n) is 3.69. The molecule has 0 bridgehead atoms. The molecule has 0 N–H and O–H groups in total. The molecule has 106 valence electrons. The molecule has 0 aromatic heterocycles. The normalized spacial score (nSPS) is 28.1. The molecular weight excluding hydrogens is 226 g/mol. The van der Waals surface area contributed by atoms with Gasteiger partial charge in [0.15, 0.2) is 0 Å². The number of methoxy groups -OCH3 is 1. The molecule has 0 aliphatic heterocycles. The minimum atomic E-state index is -0.0591. The Labute approximate surface area is 112 Å². The Balaban J connectivity index is 3.13. The van der Waals surface area contributed by atoms with Crippen LogP contribution in [-0.2, 0) is 9.53 Å². The van der Waals surface area contributed by atoms with Gasteiger partial charge in [-0.3, -0.25) is 9.69 Å². The van der Waals surface area contributed by atoms with Crippen LogP contribution in [-0.4, -0.2) is 35.6 Å². The molecule has 2 atom stereocenters. The largest absolute Gasteiger partial charge is 0.469 e. The Kier molecular flexibility index (Phi) is 4.16. The monoisotopic (exact) mass is 255 g/mol. The fourth-order valence-corrected chi connectivity index (χ4v) is 3.69. The third-order valence-electron chi connectivity index (χ3n) is 4.29. The van der Waals surface area contributed by atoms with Gasteiger partial charge in [-0.05, 0) is 39.5 Å². The molecule has 3 nitrogen and oxygen atoms in total. The molecule has 0 saturated heterocycles. The van der Waals surface area contributed by atoms with E-state index in [9.17, 15) is 4.79 Å². The van der Waals surface area contributed by atoms with Gasteiger partial charge >= 0.3 is 5.97 Å². The molecular formula is C15H29NO2. The molecule has 1 fully saturated rings. The molecule has 0 aromatic carbocycles. The van der Waals surface area contributed by atoms with Crippen LogP contribution in [0.1, 0.15) is 54.9 Å². The molecule has 0 spiro atoms. The van der Waals surface area contributed by atoms with E-state index in [1.807, 2.05) is 0 Å². The van der Waals surface area contributed by atoms with Crippen LogP contribution in [0.2, 0.25) is 0 Å². The van der Waals surface area contributed by atoms with Gasteiger partial charge in [0.25, 0.3) is 0 Å². The standard InChI is InChI=1S/C15H29NO2/c1-10(2)16(11(3)4)15(14(5,6)7)9-12(15)13(17)18-8/h10-12H,9H2,1-8H3/t12-,15-/m0/s1. The van der Waals surface area contributed by atoms with E-state index < -0.39 is 0 Å². The van der Waals surface area contributed by atoms with Crippen molar-refractivity contribution in [1.82, 2.24) is 4.90 Å². The number of hydrogen-bond acceptors (Lipinski definition) is 3. The maximum absolute atomic E-state index is 11.9. The molecule has 1 rings (SSSR count). The van der Waals surface area contributed by atoms with Crippen molar-refractivity contribution in [3.05, 3.63) is 0 Å². The average molecular weight is 255 g/mol. The van der Waals surface area contributed by atoms with E-state index in [1.54, 1.807) is 0 Å². The van der Waals surface area contributed by atoms with Gasteiger partial charge in [-0.15, -0.1) is 0 Å². The summed E-state index contributed by atoms with van der Waals surface area (Å²) < 4.78 is 4.97. The lowest BCUT2D eigenvalue weighted by molar-refractivity contribution is -0.145. The van der Waals surface area contributed by atoms with Crippen LogP contribution in [0.5, 0.6) is 0 Å². The van der Waals surface area contributed by atoms with Gasteiger partial charge in [0.2, 0.25) is 0 Å². The van der Waals surface area contributed by atoms with Crippen LogP contribution in [0.4, 0.5) is 0 Å². The Bertz CT molecular complexity index is 309. The maximum atomic E-state index is 11.9. The van der Waals surface area contributed by atoms with Crippen molar-refractivity contribution in [3.63, 3.8) is 0 Å². The van der Waals surface area contributed by atoms with E-state index >= 15 is 0 Å². The molecule has 0 unspecified atom stereocenters. The van der Waals surface area contributed by atoms with Crippen LogP contribution >= 0.6 is 0 Å². The van der Waals surface area contributed by atoms with Crippen molar-refractivity contribution in [2.75, 3.05) is 7.11 Å². The summed E-state index contributed by atoms with van der Waals surface area (Å²) in [5, 5.41) is 0. The van der Waals surface area contributed by atoms with E-state index in [0.29, 0.717) is 12.1 Å². The zero-order chi connectivity index (χ0) is 14.3. The Morgan fingerprint density at radius 3 is 1.94 bits per heavy atom. The summed E-state index contributed by atoms with van der Waals surface area (Å²) in [4.78, 5) is 14.4. The highest BCUT2D eigenvalue weighted by molar-refractivity contribution is 5.78. The molecule has 3 heteroatoms. The van der Waals surface area contributed by atoms with Crippen molar-refractivity contribution in [2.45, 2.75) is 72.5 Å². The molecule has 0 amide bonds. The number of carbonyl (C=O) groups is 1. The molecule has 0 heterocycles. The van der Waals surface area contributed by atoms with Crippen molar-refractivity contribution in [3.8, 4) is 0 Å². The van der Waals surface area contributed by atoms with Gasteiger partial charge in [-0.2, -0.15) is 0 Å². The van der Waals surface area contributed by atoms with Crippen LogP contribution in [0.3, 0.4) is 0 Å². The predicted octanol–water partition coefficient (Wildman–Crippen LogP) is 3.08. The second kappa shape index (κ2) is 4.84. The van der Waals surface area contributed by atoms with Crippen molar-refractivity contribution in [1.29, 1.82) is 0 Å². The van der Waals surface area contributed by atoms with Crippen molar-refractivity contribution in [2.24, 2.45) is 11.3 Å². The van der Waals surface area contributed by atoms with E-state index in [4.69, 9.17) is 4.74 Å². The summed E-state index contributed by atoms with van der Waals surface area (Å²) >= 11 is 0. The number of hydrogen-bond donors (Lipinski definition) is 0. The zero-order valence-electron chi connectivity index (χ0n) is 13.2. The Hall–Kier alpha value is -0.570. The Morgan fingerprint density at radius 2 is 1.67 bits per heavy atom. The molecule has 18 heavy (non-hydrogen) atoms. The first-order chi connectivity index (χ1) is 8.09. The van der Waals surface area contributed by atoms with E-state index in [1.165, 1.54) is 7.11 Å². The summed E-state index contributed by atoms with van der Waals surface area (Å²) in [5.41, 5.74) is 0.0167. The van der Waals surface area contributed by atoms with Crippen LogP contribution in [0, 0.1) is 11.3 Å². The SMILES string of the molecule is COC(=O)[C@@H]1C[C@@]1(N(C(C)C)C(C)C)C(C)(C)C. The predicted molar refractivity (Wildman–Crippen MR) is 74.4 cm³/mol. The van der Waals surface area contributed by atoms with Crippen molar-refractivity contribution < 1.29 is 9.53 Å². The highest BCUT2D eigenvalue weighted by Crippen LogP contribution is 2.60. The average Bonchev–Trinajstić information content (AvgIpc) is 2.91. The van der Waals surface area contributed by atoms with Gasteiger partial charge in [-0.1, -0.05) is 20.8 Å². The van der Waals surface area contributed by atoms with Gasteiger partial charge < -0.3 is 4.74 Å². The van der Waals surface area contributed by atoms with Gasteiger partial charge in [0.05, 0.1) is 13.0 Å². The second-order valence-electron chi connectivity index (χ2n) is 7.05. The van der Waals surface area contributed by atoms with Gasteiger partial charge in [0, 0.05) is 17.6 Å².